The molecule has 1 atom stereocenters. The van der Waals surface area contributed by atoms with E-state index in [9.17, 15) is 4.79 Å². The number of carbonyl (C=O) groups is 1. The van der Waals surface area contributed by atoms with Crippen molar-refractivity contribution in [2.75, 3.05) is 6.54 Å². The number of nitrogens with one attached hydrogen (secondary N) is 2. The third-order valence-electron chi connectivity index (χ3n) is 4.05. The van der Waals surface area contributed by atoms with Crippen LogP contribution in [0.25, 0.3) is 11.3 Å². The van der Waals surface area contributed by atoms with Crippen LogP contribution in [0.2, 0.25) is 0 Å². The van der Waals surface area contributed by atoms with E-state index in [1.165, 1.54) is 0 Å². The second kappa shape index (κ2) is 6.29. The number of fused-ring (bicyclic) bond motifs is 1. The largest absolute Gasteiger partial charge is 0.368 e. The summed E-state index contributed by atoms with van der Waals surface area (Å²) < 4.78 is 7.73. The van der Waals surface area contributed by atoms with Crippen LogP contribution in [0.4, 0.5) is 0 Å². The Labute approximate surface area is 138 Å². The number of carbonyl (C=O) groups excluding carboxylic acids is 1. The smallest absolute Gasteiger partial charge is 0.267 e. The highest BCUT2D eigenvalue weighted by Gasteiger charge is 2.24. The third-order valence-corrected chi connectivity index (χ3v) is 4.05. The molecule has 1 aliphatic heterocycles. The zero-order valence-electron chi connectivity index (χ0n) is 13.0. The molecule has 7 heteroatoms. The molecule has 0 aliphatic carbocycles. The number of hydrogen-bond donors (Lipinski definition) is 2. The predicted molar refractivity (Wildman–Crippen MR) is 87.2 cm³/mol. The van der Waals surface area contributed by atoms with Gasteiger partial charge in [-0.05, 0) is 12.1 Å². The van der Waals surface area contributed by atoms with E-state index in [1.807, 2.05) is 35.0 Å². The number of H-pyrrole nitrogens is 1. The lowest BCUT2D eigenvalue weighted by Crippen LogP contribution is -2.39. The molecule has 0 fully saturated rings. The molecule has 4 rings (SSSR count). The van der Waals surface area contributed by atoms with Gasteiger partial charge in [0.2, 0.25) is 0 Å². The van der Waals surface area contributed by atoms with Crippen molar-refractivity contribution in [3.8, 4) is 11.3 Å². The molecule has 0 saturated heterocycles. The molecule has 2 aromatic heterocycles. The standard InChI is InChI=1S/C17H17N5O2/c23-17(14-7-4-8-18-14)19-9-13-10-22-15(11-24-13)16(20-21-22)12-5-2-1-3-6-12/h1-8,13,18H,9-11H2,(H,19,23). The lowest BCUT2D eigenvalue weighted by Gasteiger charge is -2.24. The summed E-state index contributed by atoms with van der Waals surface area (Å²) in [6.07, 6.45) is 1.60. The first-order valence-electron chi connectivity index (χ1n) is 7.82. The molecule has 1 aliphatic rings. The number of aromatic amines is 1. The predicted octanol–water partition coefficient (Wildman–Crippen LogP) is 1.60. The first-order valence-corrected chi connectivity index (χ1v) is 7.82. The first-order chi connectivity index (χ1) is 11.8. The highest BCUT2D eigenvalue weighted by Crippen LogP contribution is 2.24. The van der Waals surface area contributed by atoms with Gasteiger partial charge in [-0.25, -0.2) is 4.68 Å². The molecule has 0 spiro atoms. The van der Waals surface area contributed by atoms with Crippen molar-refractivity contribution < 1.29 is 9.53 Å². The Kier molecular flexibility index (Phi) is 3.84. The molecule has 0 bridgehead atoms. The lowest BCUT2D eigenvalue weighted by molar-refractivity contribution is 0.00174. The van der Waals surface area contributed by atoms with Crippen molar-refractivity contribution in [2.24, 2.45) is 0 Å². The molecule has 24 heavy (non-hydrogen) atoms. The molecule has 2 N–H and O–H groups in total. The summed E-state index contributed by atoms with van der Waals surface area (Å²) in [5.41, 5.74) is 3.39. The Morgan fingerprint density at radius 1 is 1.29 bits per heavy atom. The highest BCUT2D eigenvalue weighted by atomic mass is 16.5. The van der Waals surface area contributed by atoms with Crippen LogP contribution < -0.4 is 5.32 Å². The normalized spacial score (nSPS) is 16.6. The van der Waals surface area contributed by atoms with Crippen molar-refractivity contribution >= 4 is 5.91 Å². The van der Waals surface area contributed by atoms with Gasteiger partial charge in [0.25, 0.3) is 5.91 Å². The van der Waals surface area contributed by atoms with Crippen LogP contribution in [0, 0.1) is 0 Å². The average molecular weight is 323 g/mol. The van der Waals surface area contributed by atoms with Gasteiger partial charge in [0.1, 0.15) is 11.4 Å². The van der Waals surface area contributed by atoms with Gasteiger partial charge in [-0.2, -0.15) is 0 Å². The minimum atomic E-state index is -0.141. The summed E-state index contributed by atoms with van der Waals surface area (Å²) in [6, 6.07) is 13.5. The van der Waals surface area contributed by atoms with Crippen molar-refractivity contribution in [3.05, 3.63) is 60.0 Å². The quantitative estimate of drug-likeness (QED) is 0.764. The van der Waals surface area contributed by atoms with E-state index in [1.54, 1.807) is 18.3 Å². The average Bonchev–Trinajstić information content (AvgIpc) is 3.30. The number of amides is 1. The van der Waals surface area contributed by atoms with E-state index in [-0.39, 0.29) is 12.0 Å². The minimum absolute atomic E-state index is 0.123. The molecule has 7 nitrogen and oxygen atoms in total. The van der Waals surface area contributed by atoms with Gasteiger partial charge in [-0.15, -0.1) is 5.10 Å². The molecular formula is C17H17N5O2. The van der Waals surface area contributed by atoms with Gasteiger partial charge in [0.15, 0.2) is 0 Å². The number of benzene rings is 1. The molecule has 0 radical (unpaired) electrons. The van der Waals surface area contributed by atoms with Crippen molar-refractivity contribution in [1.82, 2.24) is 25.3 Å². The second-order valence-corrected chi connectivity index (χ2v) is 5.66. The van der Waals surface area contributed by atoms with Crippen molar-refractivity contribution in [3.63, 3.8) is 0 Å². The number of rotatable bonds is 4. The second-order valence-electron chi connectivity index (χ2n) is 5.66. The van der Waals surface area contributed by atoms with Crippen LogP contribution in [0.5, 0.6) is 0 Å². The Morgan fingerprint density at radius 2 is 2.17 bits per heavy atom. The Bertz CT molecular complexity index is 826. The van der Waals surface area contributed by atoms with Crippen molar-refractivity contribution in [1.29, 1.82) is 0 Å². The Morgan fingerprint density at radius 3 is 2.96 bits per heavy atom. The summed E-state index contributed by atoms with van der Waals surface area (Å²) in [5.74, 6) is -0.141. The van der Waals surface area contributed by atoms with E-state index >= 15 is 0 Å². The van der Waals surface area contributed by atoms with Crippen LogP contribution in [0.1, 0.15) is 16.2 Å². The van der Waals surface area contributed by atoms with E-state index in [0.717, 1.165) is 17.0 Å². The maximum absolute atomic E-state index is 12.0. The fraction of sp³-hybridized carbons (Fsp3) is 0.235. The number of hydrogen-bond acceptors (Lipinski definition) is 4. The van der Waals surface area contributed by atoms with Crippen LogP contribution in [-0.2, 0) is 17.9 Å². The summed E-state index contributed by atoms with van der Waals surface area (Å²) in [4.78, 5) is 14.8. The van der Waals surface area contributed by atoms with Gasteiger partial charge in [0.05, 0.1) is 24.9 Å². The summed E-state index contributed by atoms with van der Waals surface area (Å²) in [7, 11) is 0. The van der Waals surface area contributed by atoms with Gasteiger partial charge in [-0.1, -0.05) is 35.5 Å². The van der Waals surface area contributed by atoms with Gasteiger partial charge in [0, 0.05) is 18.3 Å². The van der Waals surface area contributed by atoms with Gasteiger partial charge in [-0.3, -0.25) is 4.79 Å². The van der Waals surface area contributed by atoms with E-state index in [2.05, 4.69) is 20.6 Å². The Hall–Kier alpha value is -2.93. The van der Waals surface area contributed by atoms with Crippen LogP contribution in [0.15, 0.2) is 48.7 Å². The minimum Gasteiger partial charge on any atom is -0.368 e. The molecule has 1 aromatic carbocycles. The SMILES string of the molecule is O=C(NCC1Cn2nnc(-c3ccccc3)c2CO1)c1ccc[nH]1. The lowest BCUT2D eigenvalue weighted by atomic mass is 10.1. The maximum Gasteiger partial charge on any atom is 0.267 e. The first kappa shape index (κ1) is 14.6. The van der Waals surface area contributed by atoms with E-state index < -0.39 is 0 Å². The molecule has 122 valence electrons. The summed E-state index contributed by atoms with van der Waals surface area (Å²) in [5, 5.41) is 11.4. The zero-order valence-corrected chi connectivity index (χ0v) is 13.0. The number of aromatic nitrogens is 4. The topological polar surface area (TPSA) is 84.8 Å². The van der Waals surface area contributed by atoms with Crippen LogP contribution in [0.3, 0.4) is 0 Å². The highest BCUT2D eigenvalue weighted by molar-refractivity contribution is 5.92. The fourth-order valence-electron chi connectivity index (χ4n) is 2.78. The van der Waals surface area contributed by atoms with Gasteiger partial charge < -0.3 is 15.0 Å². The molecule has 1 unspecified atom stereocenters. The molecule has 0 saturated carbocycles. The van der Waals surface area contributed by atoms with Crippen LogP contribution in [-0.4, -0.2) is 38.5 Å². The Balaban J connectivity index is 1.42. The fourth-order valence-corrected chi connectivity index (χ4v) is 2.78. The van der Waals surface area contributed by atoms with Gasteiger partial charge >= 0.3 is 0 Å². The van der Waals surface area contributed by atoms with E-state index in [0.29, 0.717) is 25.4 Å². The maximum atomic E-state index is 12.0. The number of ether oxygens (including phenoxy) is 1. The summed E-state index contributed by atoms with van der Waals surface area (Å²) >= 11 is 0. The molecular weight excluding hydrogens is 306 g/mol. The number of nitrogens with zero attached hydrogens (tertiary/aromatic N) is 3. The molecule has 1 amide bonds. The summed E-state index contributed by atoms with van der Waals surface area (Å²) in [6.45, 7) is 1.43. The molecule has 3 heterocycles. The zero-order chi connectivity index (χ0) is 16.4. The molecule has 3 aromatic rings. The monoisotopic (exact) mass is 323 g/mol. The third kappa shape index (κ3) is 2.81. The van der Waals surface area contributed by atoms with E-state index in [4.69, 9.17) is 4.74 Å². The van der Waals surface area contributed by atoms with Crippen LogP contribution >= 0.6 is 0 Å². The van der Waals surface area contributed by atoms with Crippen molar-refractivity contribution in [2.45, 2.75) is 19.3 Å².